The van der Waals surface area contributed by atoms with Crippen LogP contribution in [-0.4, -0.2) is 17.1 Å². The normalized spacial score (nSPS) is 15.5. The van der Waals surface area contributed by atoms with Crippen molar-refractivity contribution in [3.8, 4) is 16.8 Å². The molecular formula is C26H21NS. The van der Waals surface area contributed by atoms with Crippen LogP contribution in [0.1, 0.15) is 0 Å². The number of rotatable bonds is 1. The molecule has 1 aliphatic heterocycles. The van der Waals surface area contributed by atoms with E-state index in [-0.39, 0.29) is 0 Å². The monoisotopic (exact) mass is 379 g/mol. The standard InChI is InChI=1S/C26H21NS/c1-28(2)24-15-9-7-12-19(24)20-16-17-23-25(26(20)28)21-13-6-8-14-22(21)27(23)18-10-4-3-5-11-18/h3-17H,1-2H3. The maximum Gasteiger partial charge on any atom is 0.0552 e. The largest absolute Gasteiger partial charge is 0.309 e. The van der Waals surface area contributed by atoms with Crippen LogP contribution in [0, 0.1) is 0 Å². The van der Waals surface area contributed by atoms with E-state index in [9.17, 15) is 0 Å². The molecule has 0 fully saturated rings. The van der Waals surface area contributed by atoms with Crippen molar-refractivity contribution in [1.82, 2.24) is 4.57 Å². The number of fused-ring (bicyclic) bond motifs is 7. The molecule has 0 aliphatic carbocycles. The van der Waals surface area contributed by atoms with Crippen LogP contribution in [0.3, 0.4) is 0 Å². The fourth-order valence-corrected chi connectivity index (χ4v) is 7.69. The van der Waals surface area contributed by atoms with E-state index in [1.165, 1.54) is 48.4 Å². The van der Waals surface area contributed by atoms with Crippen LogP contribution < -0.4 is 0 Å². The van der Waals surface area contributed by atoms with Gasteiger partial charge in [-0.15, -0.1) is 0 Å². The van der Waals surface area contributed by atoms with Crippen molar-refractivity contribution >= 4 is 31.8 Å². The van der Waals surface area contributed by atoms with E-state index < -0.39 is 10.0 Å². The highest BCUT2D eigenvalue weighted by molar-refractivity contribution is 8.33. The van der Waals surface area contributed by atoms with E-state index >= 15 is 0 Å². The summed E-state index contributed by atoms with van der Waals surface area (Å²) in [5, 5.41) is 2.78. The first kappa shape index (κ1) is 16.0. The van der Waals surface area contributed by atoms with Crippen LogP contribution in [0.15, 0.2) is 101 Å². The maximum atomic E-state index is 2.45. The van der Waals surface area contributed by atoms with Gasteiger partial charge in [0.1, 0.15) is 0 Å². The number of benzene rings is 4. The number of aromatic nitrogens is 1. The lowest BCUT2D eigenvalue weighted by Crippen LogP contribution is -1.95. The van der Waals surface area contributed by atoms with Gasteiger partial charge in [0.25, 0.3) is 0 Å². The Hall–Kier alpha value is -2.97. The smallest absolute Gasteiger partial charge is 0.0552 e. The van der Waals surface area contributed by atoms with Crippen molar-refractivity contribution < 1.29 is 0 Å². The molecule has 0 bridgehead atoms. The van der Waals surface area contributed by atoms with Crippen LogP contribution >= 0.6 is 10.0 Å². The van der Waals surface area contributed by atoms with Crippen LogP contribution in [0.2, 0.25) is 0 Å². The van der Waals surface area contributed by atoms with Gasteiger partial charge in [-0.05, 0) is 54.0 Å². The summed E-state index contributed by atoms with van der Waals surface area (Å²) in [6.07, 6.45) is 4.90. The summed E-state index contributed by atoms with van der Waals surface area (Å²) in [6.45, 7) is 0. The lowest BCUT2D eigenvalue weighted by atomic mass is 10.0. The molecular weight excluding hydrogens is 358 g/mol. The highest BCUT2D eigenvalue weighted by Crippen LogP contribution is 2.69. The third kappa shape index (κ3) is 1.93. The molecule has 0 N–H and O–H groups in total. The summed E-state index contributed by atoms with van der Waals surface area (Å²) >= 11 is 0. The molecule has 0 atom stereocenters. The summed E-state index contributed by atoms with van der Waals surface area (Å²) in [6, 6.07) is 33.2. The molecule has 0 amide bonds. The molecule has 0 unspecified atom stereocenters. The van der Waals surface area contributed by atoms with E-state index in [4.69, 9.17) is 0 Å². The summed E-state index contributed by atoms with van der Waals surface area (Å²) in [5.74, 6) is 0. The summed E-state index contributed by atoms with van der Waals surface area (Å²) in [7, 11) is -1.07. The molecule has 136 valence electrons. The van der Waals surface area contributed by atoms with Gasteiger partial charge in [0.15, 0.2) is 0 Å². The molecule has 1 nitrogen and oxygen atoms in total. The maximum absolute atomic E-state index is 2.45. The second-order valence-electron chi connectivity index (χ2n) is 7.85. The van der Waals surface area contributed by atoms with Gasteiger partial charge in [0.05, 0.1) is 11.0 Å². The Morgan fingerprint density at radius 1 is 0.607 bits per heavy atom. The minimum absolute atomic E-state index is 1.07. The highest BCUT2D eigenvalue weighted by atomic mass is 32.3. The highest BCUT2D eigenvalue weighted by Gasteiger charge is 2.34. The van der Waals surface area contributed by atoms with E-state index in [0.717, 1.165) is 0 Å². The zero-order valence-electron chi connectivity index (χ0n) is 16.0. The van der Waals surface area contributed by atoms with Gasteiger partial charge in [-0.1, -0.05) is 60.7 Å². The third-order valence-corrected chi connectivity index (χ3v) is 8.94. The second-order valence-corrected chi connectivity index (χ2v) is 11.3. The van der Waals surface area contributed by atoms with Crippen molar-refractivity contribution in [3.63, 3.8) is 0 Å². The second kappa shape index (κ2) is 5.52. The Morgan fingerprint density at radius 3 is 2.18 bits per heavy atom. The molecule has 0 radical (unpaired) electrons. The minimum Gasteiger partial charge on any atom is -0.309 e. The predicted molar refractivity (Wildman–Crippen MR) is 122 cm³/mol. The fraction of sp³-hybridized carbons (Fsp3) is 0.0769. The number of hydrogen-bond acceptors (Lipinski definition) is 0. The molecule has 5 aromatic rings. The van der Waals surface area contributed by atoms with Gasteiger partial charge < -0.3 is 4.57 Å². The van der Waals surface area contributed by atoms with E-state index in [2.05, 4.69) is 108 Å². The number of nitrogens with zero attached hydrogens (tertiary/aromatic N) is 1. The van der Waals surface area contributed by atoms with E-state index in [1.807, 2.05) is 0 Å². The van der Waals surface area contributed by atoms with Crippen molar-refractivity contribution in [2.24, 2.45) is 0 Å². The van der Waals surface area contributed by atoms with Crippen molar-refractivity contribution in [2.75, 3.05) is 12.5 Å². The first-order chi connectivity index (χ1) is 13.7. The quantitative estimate of drug-likeness (QED) is 0.289. The van der Waals surface area contributed by atoms with Gasteiger partial charge in [0, 0.05) is 26.3 Å². The average Bonchev–Trinajstić information content (AvgIpc) is 3.19. The lowest BCUT2D eigenvalue weighted by Gasteiger charge is -2.29. The first-order valence-corrected chi connectivity index (χ1v) is 12.1. The summed E-state index contributed by atoms with van der Waals surface area (Å²) in [5.41, 5.74) is 6.63. The molecule has 28 heavy (non-hydrogen) atoms. The average molecular weight is 380 g/mol. The van der Waals surface area contributed by atoms with Crippen LogP contribution in [-0.2, 0) is 0 Å². The van der Waals surface area contributed by atoms with E-state index in [1.54, 1.807) is 0 Å². The molecule has 0 spiro atoms. The Kier molecular flexibility index (Phi) is 3.16. The van der Waals surface area contributed by atoms with Crippen LogP contribution in [0.4, 0.5) is 0 Å². The first-order valence-electron chi connectivity index (χ1n) is 9.62. The van der Waals surface area contributed by atoms with Crippen molar-refractivity contribution in [1.29, 1.82) is 0 Å². The predicted octanol–water partition coefficient (Wildman–Crippen LogP) is 7.25. The van der Waals surface area contributed by atoms with Gasteiger partial charge in [-0.2, -0.15) is 10.0 Å². The zero-order chi connectivity index (χ0) is 18.9. The molecule has 0 saturated heterocycles. The lowest BCUT2D eigenvalue weighted by molar-refractivity contribution is 1.18. The SMILES string of the molecule is CS1(C)c2ccccc2-c2ccc3c(c21)c1ccccc1n3-c1ccccc1. The topological polar surface area (TPSA) is 4.93 Å². The zero-order valence-corrected chi connectivity index (χ0v) is 16.8. The van der Waals surface area contributed by atoms with Crippen LogP contribution in [0.25, 0.3) is 38.6 Å². The number of para-hydroxylation sites is 2. The molecule has 2 heterocycles. The Balaban J connectivity index is 1.83. The minimum atomic E-state index is -1.07. The summed E-state index contributed by atoms with van der Waals surface area (Å²) in [4.78, 5) is 3.05. The van der Waals surface area contributed by atoms with E-state index in [0.29, 0.717) is 0 Å². The van der Waals surface area contributed by atoms with Gasteiger partial charge in [-0.25, -0.2) is 0 Å². The summed E-state index contributed by atoms with van der Waals surface area (Å²) < 4.78 is 2.42. The Morgan fingerprint density at radius 2 is 1.32 bits per heavy atom. The third-order valence-electron chi connectivity index (χ3n) is 6.04. The Labute approximate surface area is 166 Å². The molecule has 1 aliphatic rings. The molecule has 6 rings (SSSR count). The fourth-order valence-electron chi connectivity index (χ4n) is 4.87. The number of hydrogen-bond donors (Lipinski definition) is 0. The molecule has 0 saturated carbocycles. The van der Waals surface area contributed by atoms with Gasteiger partial charge in [0.2, 0.25) is 0 Å². The van der Waals surface area contributed by atoms with Crippen LogP contribution in [0.5, 0.6) is 0 Å². The molecule has 2 heteroatoms. The molecule has 1 aromatic heterocycles. The molecule has 4 aromatic carbocycles. The van der Waals surface area contributed by atoms with Gasteiger partial charge in [-0.3, -0.25) is 0 Å². The van der Waals surface area contributed by atoms with Crippen molar-refractivity contribution in [3.05, 3.63) is 91.0 Å². The Bertz CT molecular complexity index is 1380. The van der Waals surface area contributed by atoms with Gasteiger partial charge >= 0.3 is 0 Å². The van der Waals surface area contributed by atoms with Crippen molar-refractivity contribution in [2.45, 2.75) is 9.79 Å².